The van der Waals surface area contributed by atoms with E-state index in [9.17, 15) is 9.59 Å². The Bertz CT molecular complexity index is 666. The topological polar surface area (TPSA) is 68.3 Å². The van der Waals surface area contributed by atoms with Crippen LogP contribution >= 0.6 is 0 Å². The van der Waals surface area contributed by atoms with Gasteiger partial charge in [-0.15, -0.1) is 0 Å². The molecule has 1 spiro atoms. The molecule has 3 aliphatic heterocycles. The van der Waals surface area contributed by atoms with Crippen LogP contribution in [0.2, 0.25) is 0 Å². The number of rotatable bonds is 5. The van der Waals surface area contributed by atoms with Crippen molar-refractivity contribution in [2.24, 2.45) is 5.92 Å². The lowest BCUT2D eigenvalue weighted by Gasteiger charge is -2.38. The lowest BCUT2D eigenvalue weighted by Crippen LogP contribution is -2.50. The quantitative estimate of drug-likeness (QED) is 0.788. The SMILES string of the molecule is O=C1OC2(CCN(C(=O)[C@@H]3CCOC3)CC2)CN1CCOc1ccccc1. The molecule has 0 N–H and O–H groups in total. The predicted molar refractivity (Wildman–Crippen MR) is 97.5 cm³/mol. The normalized spacial score (nSPS) is 24.3. The third-order valence-corrected chi connectivity index (χ3v) is 5.68. The summed E-state index contributed by atoms with van der Waals surface area (Å²) in [6.45, 7) is 3.97. The van der Waals surface area contributed by atoms with Crippen molar-refractivity contribution in [1.29, 1.82) is 0 Å². The van der Waals surface area contributed by atoms with Crippen LogP contribution in [0, 0.1) is 5.92 Å². The predicted octanol–water partition coefficient (Wildman–Crippen LogP) is 1.92. The van der Waals surface area contributed by atoms with E-state index in [0.29, 0.717) is 58.8 Å². The van der Waals surface area contributed by atoms with Gasteiger partial charge in [-0.3, -0.25) is 4.79 Å². The number of ether oxygens (including phenoxy) is 3. The summed E-state index contributed by atoms with van der Waals surface area (Å²) in [5.41, 5.74) is -0.465. The van der Waals surface area contributed by atoms with Crippen molar-refractivity contribution in [2.45, 2.75) is 24.9 Å². The third-order valence-electron chi connectivity index (χ3n) is 5.68. The van der Waals surface area contributed by atoms with Crippen molar-refractivity contribution in [3.8, 4) is 5.75 Å². The van der Waals surface area contributed by atoms with Crippen LogP contribution in [0.4, 0.5) is 4.79 Å². The molecule has 1 atom stereocenters. The molecule has 0 unspecified atom stereocenters. The molecule has 3 saturated heterocycles. The Morgan fingerprint density at radius 3 is 2.70 bits per heavy atom. The number of hydrogen-bond acceptors (Lipinski definition) is 5. The average molecular weight is 374 g/mol. The summed E-state index contributed by atoms with van der Waals surface area (Å²) in [5.74, 6) is 0.971. The molecule has 2 amide bonds. The molecule has 0 radical (unpaired) electrons. The fourth-order valence-electron chi connectivity index (χ4n) is 4.04. The molecular formula is C20H26N2O5. The summed E-state index contributed by atoms with van der Waals surface area (Å²) >= 11 is 0. The van der Waals surface area contributed by atoms with Gasteiger partial charge in [-0.05, 0) is 18.6 Å². The minimum atomic E-state index is -0.465. The number of amides is 2. The summed E-state index contributed by atoms with van der Waals surface area (Å²) < 4.78 is 16.7. The van der Waals surface area contributed by atoms with E-state index in [4.69, 9.17) is 14.2 Å². The van der Waals surface area contributed by atoms with Crippen LogP contribution in [-0.2, 0) is 14.3 Å². The van der Waals surface area contributed by atoms with Crippen molar-refractivity contribution >= 4 is 12.0 Å². The van der Waals surface area contributed by atoms with Crippen LogP contribution in [0.15, 0.2) is 30.3 Å². The van der Waals surface area contributed by atoms with Gasteiger partial charge in [0.25, 0.3) is 0 Å². The molecule has 7 nitrogen and oxygen atoms in total. The van der Waals surface area contributed by atoms with Crippen molar-refractivity contribution in [3.05, 3.63) is 30.3 Å². The largest absolute Gasteiger partial charge is 0.492 e. The van der Waals surface area contributed by atoms with Crippen molar-refractivity contribution < 1.29 is 23.8 Å². The van der Waals surface area contributed by atoms with E-state index in [1.807, 2.05) is 35.2 Å². The minimum Gasteiger partial charge on any atom is -0.492 e. The van der Waals surface area contributed by atoms with Crippen LogP contribution in [0.1, 0.15) is 19.3 Å². The zero-order valence-corrected chi connectivity index (χ0v) is 15.5. The maximum atomic E-state index is 12.5. The van der Waals surface area contributed by atoms with Crippen LogP contribution in [-0.4, -0.2) is 73.4 Å². The lowest BCUT2D eigenvalue weighted by molar-refractivity contribution is -0.138. The number of nitrogens with zero attached hydrogens (tertiary/aromatic N) is 2. The number of hydrogen-bond donors (Lipinski definition) is 0. The first-order valence-electron chi connectivity index (χ1n) is 9.68. The van der Waals surface area contributed by atoms with Gasteiger partial charge in [0.05, 0.1) is 25.6 Å². The molecular weight excluding hydrogens is 348 g/mol. The van der Waals surface area contributed by atoms with E-state index >= 15 is 0 Å². The second-order valence-electron chi connectivity index (χ2n) is 7.52. The van der Waals surface area contributed by atoms with E-state index in [1.165, 1.54) is 0 Å². The van der Waals surface area contributed by atoms with Gasteiger partial charge in [0, 0.05) is 32.5 Å². The van der Waals surface area contributed by atoms with Crippen molar-refractivity contribution in [1.82, 2.24) is 9.80 Å². The molecule has 1 aromatic rings. The Morgan fingerprint density at radius 1 is 1.22 bits per heavy atom. The Kier molecular flexibility index (Phi) is 5.20. The van der Waals surface area contributed by atoms with E-state index in [1.54, 1.807) is 4.90 Å². The highest BCUT2D eigenvalue weighted by Gasteiger charge is 2.47. The molecule has 3 aliphatic rings. The summed E-state index contributed by atoms with van der Waals surface area (Å²) in [6, 6.07) is 9.56. The molecule has 4 rings (SSSR count). The Morgan fingerprint density at radius 2 is 2.00 bits per heavy atom. The van der Waals surface area contributed by atoms with Crippen LogP contribution in [0.5, 0.6) is 5.75 Å². The van der Waals surface area contributed by atoms with Gasteiger partial charge < -0.3 is 24.0 Å². The van der Waals surface area contributed by atoms with Crippen molar-refractivity contribution in [2.75, 3.05) is 46.0 Å². The van der Waals surface area contributed by atoms with Gasteiger partial charge in [0.1, 0.15) is 18.0 Å². The number of para-hydroxylation sites is 1. The molecule has 146 valence electrons. The standard InChI is InChI=1S/C20H26N2O5/c23-18(16-6-12-25-14-16)21-9-7-20(8-10-21)15-22(19(24)27-20)11-13-26-17-4-2-1-3-5-17/h1-5,16H,6-15H2/t16-/m1/s1. The maximum absolute atomic E-state index is 12.5. The van der Waals surface area contributed by atoms with Gasteiger partial charge in [-0.2, -0.15) is 0 Å². The summed E-state index contributed by atoms with van der Waals surface area (Å²) in [5, 5.41) is 0. The average Bonchev–Trinajstić information content (AvgIpc) is 3.32. The number of likely N-dealkylation sites (tertiary alicyclic amines) is 1. The zero-order chi connectivity index (χ0) is 18.7. The van der Waals surface area contributed by atoms with Gasteiger partial charge in [-0.25, -0.2) is 4.79 Å². The van der Waals surface area contributed by atoms with E-state index in [-0.39, 0.29) is 17.9 Å². The Hall–Kier alpha value is -2.28. The zero-order valence-electron chi connectivity index (χ0n) is 15.5. The fraction of sp³-hybridized carbons (Fsp3) is 0.600. The highest BCUT2D eigenvalue weighted by atomic mass is 16.6. The summed E-state index contributed by atoms with van der Waals surface area (Å²) in [4.78, 5) is 28.4. The van der Waals surface area contributed by atoms with E-state index in [2.05, 4.69) is 0 Å². The summed E-state index contributed by atoms with van der Waals surface area (Å²) in [7, 11) is 0. The second kappa shape index (κ2) is 7.76. The molecule has 0 saturated carbocycles. The Balaban J connectivity index is 1.25. The molecule has 27 heavy (non-hydrogen) atoms. The molecule has 0 bridgehead atoms. The Labute approximate surface area is 159 Å². The van der Waals surface area contributed by atoms with Gasteiger partial charge >= 0.3 is 6.09 Å². The highest BCUT2D eigenvalue weighted by molar-refractivity contribution is 5.79. The van der Waals surface area contributed by atoms with Gasteiger partial charge in [0.15, 0.2) is 0 Å². The number of benzene rings is 1. The molecule has 3 heterocycles. The molecule has 7 heteroatoms. The molecule has 0 aliphatic carbocycles. The maximum Gasteiger partial charge on any atom is 0.410 e. The molecule has 3 fully saturated rings. The monoisotopic (exact) mass is 374 g/mol. The fourth-order valence-corrected chi connectivity index (χ4v) is 4.04. The van der Waals surface area contributed by atoms with E-state index in [0.717, 1.165) is 12.2 Å². The number of carbonyl (C=O) groups is 2. The van der Waals surface area contributed by atoms with Crippen LogP contribution in [0.25, 0.3) is 0 Å². The highest BCUT2D eigenvalue weighted by Crippen LogP contribution is 2.34. The minimum absolute atomic E-state index is 0.00295. The summed E-state index contributed by atoms with van der Waals surface area (Å²) in [6.07, 6.45) is 1.91. The smallest absolute Gasteiger partial charge is 0.410 e. The first-order valence-corrected chi connectivity index (χ1v) is 9.68. The van der Waals surface area contributed by atoms with Gasteiger partial charge in [-0.1, -0.05) is 18.2 Å². The molecule has 1 aromatic carbocycles. The third kappa shape index (κ3) is 4.03. The van der Waals surface area contributed by atoms with Crippen LogP contribution in [0.3, 0.4) is 0 Å². The molecule has 0 aromatic heterocycles. The first kappa shape index (κ1) is 18.1. The van der Waals surface area contributed by atoms with Crippen molar-refractivity contribution in [3.63, 3.8) is 0 Å². The number of carbonyl (C=O) groups excluding carboxylic acids is 2. The van der Waals surface area contributed by atoms with Gasteiger partial charge in [0.2, 0.25) is 5.91 Å². The number of piperidine rings is 1. The lowest BCUT2D eigenvalue weighted by atomic mass is 9.90. The van der Waals surface area contributed by atoms with Crippen LogP contribution < -0.4 is 4.74 Å². The van der Waals surface area contributed by atoms with E-state index < -0.39 is 5.60 Å². The second-order valence-corrected chi connectivity index (χ2v) is 7.52. The first-order chi connectivity index (χ1) is 13.2.